The molecular formula is C17H12FNO2. The summed E-state index contributed by atoms with van der Waals surface area (Å²) in [6.07, 6.45) is 1.61. The highest BCUT2D eigenvalue weighted by Gasteiger charge is 2.21. The molecule has 3 rings (SSSR count). The third kappa shape index (κ3) is 2.25. The molecule has 0 saturated heterocycles. The van der Waals surface area contributed by atoms with Crippen LogP contribution in [0.1, 0.15) is 15.9 Å². The minimum atomic E-state index is -0.604. The number of nitrogens with zero attached hydrogens (tertiary/aromatic N) is 1. The number of halogens is 1. The Kier molecular flexibility index (Phi) is 3.36. The molecule has 2 aromatic carbocycles. The first kappa shape index (κ1) is 13.2. The molecule has 0 spiro atoms. The van der Waals surface area contributed by atoms with E-state index in [4.69, 9.17) is 4.74 Å². The molecular weight excluding hydrogens is 269 g/mol. The molecule has 0 aliphatic rings. The van der Waals surface area contributed by atoms with Crippen molar-refractivity contribution in [3.63, 3.8) is 0 Å². The number of benzene rings is 2. The van der Waals surface area contributed by atoms with Crippen molar-refractivity contribution in [2.75, 3.05) is 7.11 Å². The van der Waals surface area contributed by atoms with Gasteiger partial charge in [-0.3, -0.25) is 9.78 Å². The maximum Gasteiger partial charge on any atom is 0.201 e. The summed E-state index contributed by atoms with van der Waals surface area (Å²) in [6.45, 7) is 0. The van der Waals surface area contributed by atoms with E-state index in [1.807, 2.05) is 12.1 Å². The highest BCUT2D eigenvalue weighted by atomic mass is 19.1. The molecule has 0 N–H and O–H groups in total. The third-order valence-corrected chi connectivity index (χ3v) is 3.30. The number of methoxy groups -OCH3 is 1. The highest BCUT2D eigenvalue weighted by Crippen LogP contribution is 2.26. The van der Waals surface area contributed by atoms with Gasteiger partial charge in [0.15, 0.2) is 0 Å². The van der Waals surface area contributed by atoms with Crippen molar-refractivity contribution in [1.29, 1.82) is 0 Å². The summed E-state index contributed by atoms with van der Waals surface area (Å²) in [5.41, 5.74) is 0.838. The largest absolute Gasteiger partial charge is 0.496 e. The zero-order chi connectivity index (χ0) is 14.8. The van der Waals surface area contributed by atoms with E-state index in [2.05, 4.69) is 4.98 Å². The lowest BCUT2D eigenvalue weighted by Crippen LogP contribution is -2.08. The molecule has 1 heterocycles. The van der Waals surface area contributed by atoms with E-state index in [0.717, 1.165) is 5.39 Å². The van der Waals surface area contributed by atoms with Crippen LogP contribution in [0.4, 0.5) is 4.39 Å². The van der Waals surface area contributed by atoms with Crippen LogP contribution in [0.15, 0.2) is 54.7 Å². The second-order valence-corrected chi connectivity index (χ2v) is 4.53. The van der Waals surface area contributed by atoms with Crippen molar-refractivity contribution >= 4 is 16.7 Å². The Balaban J connectivity index is 2.23. The SMILES string of the molecule is COc1cccc(F)c1C(=O)c1cccc2cccnc12. The molecule has 0 unspecified atom stereocenters. The first-order valence-electron chi connectivity index (χ1n) is 6.43. The minimum absolute atomic E-state index is 0.0712. The molecule has 0 radical (unpaired) electrons. The van der Waals surface area contributed by atoms with Crippen molar-refractivity contribution in [3.05, 3.63) is 71.7 Å². The van der Waals surface area contributed by atoms with Crippen LogP contribution in [0, 0.1) is 5.82 Å². The molecule has 3 aromatic rings. The van der Waals surface area contributed by atoms with Crippen LogP contribution < -0.4 is 4.74 Å². The zero-order valence-electron chi connectivity index (χ0n) is 11.3. The molecule has 0 aliphatic carbocycles. The van der Waals surface area contributed by atoms with E-state index >= 15 is 0 Å². The Morgan fingerprint density at radius 2 is 1.86 bits per heavy atom. The highest BCUT2D eigenvalue weighted by molar-refractivity contribution is 6.16. The van der Waals surface area contributed by atoms with E-state index in [0.29, 0.717) is 11.1 Å². The van der Waals surface area contributed by atoms with Gasteiger partial charge < -0.3 is 4.74 Å². The Labute approximate surface area is 121 Å². The molecule has 0 saturated carbocycles. The number of carbonyl (C=O) groups excluding carboxylic acids is 1. The number of hydrogen-bond acceptors (Lipinski definition) is 3. The fourth-order valence-corrected chi connectivity index (χ4v) is 2.32. The van der Waals surface area contributed by atoms with Gasteiger partial charge in [-0.25, -0.2) is 4.39 Å². The Hall–Kier alpha value is -2.75. The van der Waals surface area contributed by atoms with Crippen LogP contribution in [0.2, 0.25) is 0 Å². The van der Waals surface area contributed by atoms with Crippen molar-refractivity contribution in [2.24, 2.45) is 0 Å². The topological polar surface area (TPSA) is 39.2 Å². The lowest BCUT2D eigenvalue weighted by Gasteiger charge is -2.10. The van der Waals surface area contributed by atoms with E-state index < -0.39 is 11.6 Å². The van der Waals surface area contributed by atoms with Crippen molar-refractivity contribution in [2.45, 2.75) is 0 Å². The maximum absolute atomic E-state index is 14.1. The lowest BCUT2D eigenvalue weighted by molar-refractivity contribution is 0.103. The summed E-state index contributed by atoms with van der Waals surface area (Å²) in [5.74, 6) is -0.825. The number of ketones is 1. The normalized spacial score (nSPS) is 10.6. The number of rotatable bonds is 3. The Morgan fingerprint density at radius 3 is 2.67 bits per heavy atom. The van der Waals surface area contributed by atoms with Crippen LogP contribution in [0.5, 0.6) is 5.75 Å². The van der Waals surface area contributed by atoms with Crippen LogP contribution in [0.25, 0.3) is 10.9 Å². The number of carbonyl (C=O) groups is 1. The standard InChI is InChI=1S/C17H12FNO2/c1-21-14-9-3-8-13(18)15(14)17(20)12-7-2-5-11-6-4-10-19-16(11)12/h2-10H,1H3. The fourth-order valence-electron chi connectivity index (χ4n) is 2.32. The predicted octanol–water partition coefficient (Wildman–Crippen LogP) is 3.61. The van der Waals surface area contributed by atoms with Gasteiger partial charge in [0.25, 0.3) is 0 Å². The van der Waals surface area contributed by atoms with Crippen molar-refractivity contribution < 1.29 is 13.9 Å². The van der Waals surface area contributed by atoms with Gasteiger partial charge in [0.2, 0.25) is 5.78 Å². The molecule has 1 aromatic heterocycles. The Bertz CT molecular complexity index is 825. The number of para-hydroxylation sites is 1. The molecule has 4 heteroatoms. The van der Waals surface area contributed by atoms with Crippen molar-refractivity contribution in [3.8, 4) is 5.75 Å². The average Bonchev–Trinajstić information content (AvgIpc) is 2.53. The van der Waals surface area contributed by atoms with Gasteiger partial charge in [-0.2, -0.15) is 0 Å². The van der Waals surface area contributed by atoms with Crippen molar-refractivity contribution in [1.82, 2.24) is 4.98 Å². The first-order chi connectivity index (χ1) is 10.2. The summed E-state index contributed by atoms with van der Waals surface area (Å²) in [4.78, 5) is 16.9. The molecule has 21 heavy (non-hydrogen) atoms. The second kappa shape index (κ2) is 5.32. The number of ether oxygens (including phenoxy) is 1. The maximum atomic E-state index is 14.1. The van der Waals surface area contributed by atoms with Crippen LogP contribution in [-0.2, 0) is 0 Å². The second-order valence-electron chi connectivity index (χ2n) is 4.53. The molecule has 0 aliphatic heterocycles. The molecule has 0 fully saturated rings. The number of hydrogen-bond donors (Lipinski definition) is 0. The smallest absolute Gasteiger partial charge is 0.201 e. The van der Waals surface area contributed by atoms with E-state index in [9.17, 15) is 9.18 Å². The molecule has 0 amide bonds. The molecule has 0 bridgehead atoms. The Morgan fingerprint density at radius 1 is 1.10 bits per heavy atom. The van der Waals surface area contributed by atoms with Gasteiger partial charge in [0.05, 0.1) is 12.6 Å². The summed E-state index contributed by atoms with van der Waals surface area (Å²) < 4.78 is 19.2. The van der Waals surface area contributed by atoms with Gasteiger partial charge in [0.1, 0.15) is 17.1 Å². The van der Waals surface area contributed by atoms with Crippen LogP contribution >= 0.6 is 0 Å². The molecule has 3 nitrogen and oxygen atoms in total. The molecule has 104 valence electrons. The van der Waals surface area contributed by atoms with E-state index in [-0.39, 0.29) is 11.3 Å². The van der Waals surface area contributed by atoms with Crippen LogP contribution in [-0.4, -0.2) is 17.9 Å². The van der Waals surface area contributed by atoms with Gasteiger partial charge in [-0.05, 0) is 24.3 Å². The quantitative estimate of drug-likeness (QED) is 0.688. The number of aromatic nitrogens is 1. The first-order valence-corrected chi connectivity index (χ1v) is 6.43. The fraction of sp³-hybridized carbons (Fsp3) is 0.0588. The van der Waals surface area contributed by atoms with Crippen LogP contribution in [0.3, 0.4) is 0 Å². The van der Waals surface area contributed by atoms with Gasteiger partial charge in [-0.15, -0.1) is 0 Å². The minimum Gasteiger partial charge on any atom is -0.496 e. The summed E-state index contributed by atoms with van der Waals surface area (Å²) in [6, 6.07) is 13.2. The third-order valence-electron chi connectivity index (χ3n) is 3.30. The number of pyridine rings is 1. The number of fused-ring (bicyclic) bond motifs is 1. The van der Waals surface area contributed by atoms with Gasteiger partial charge in [-0.1, -0.05) is 24.3 Å². The van der Waals surface area contributed by atoms with Gasteiger partial charge in [0, 0.05) is 17.1 Å². The average molecular weight is 281 g/mol. The van der Waals surface area contributed by atoms with E-state index in [1.165, 1.54) is 19.2 Å². The van der Waals surface area contributed by atoms with E-state index in [1.54, 1.807) is 30.5 Å². The lowest BCUT2D eigenvalue weighted by atomic mass is 9.99. The monoisotopic (exact) mass is 281 g/mol. The molecule has 0 atom stereocenters. The summed E-state index contributed by atoms with van der Waals surface area (Å²) >= 11 is 0. The van der Waals surface area contributed by atoms with Gasteiger partial charge >= 0.3 is 0 Å². The summed E-state index contributed by atoms with van der Waals surface area (Å²) in [7, 11) is 1.41. The zero-order valence-corrected chi connectivity index (χ0v) is 11.3. The summed E-state index contributed by atoms with van der Waals surface area (Å²) in [5, 5.41) is 0.832. The predicted molar refractivity (Wildman–Crippen MR) is 78.1 cm³/mol.